The maximum Gasteiger partial charge on any atom is 0.0888 e. The van der Waals surface area contributed by atoms with E-state index in [-0.39, 0.29) is 11.6 Å². The predicted octanol–water partition coefficient (Wildman–Crippen LogP) is 3.40. The Kier molecular flexibility index (Phi) is 4.84. The minimum Gasteiger partial charge on any atom is -0.376 e. The van der Waals surface area contributed by atoms with Crippen molar-refractivity contribution in [2.75, 3.05) is 7.11 Å². The Bertz CT molecular complexity index is 460. The van der Waals surface area contributed by atoms with Crippen LogP contribution in [0, 0.1) is 19.8 Å². The molecule has 3 atom stereocenters. The molecule has 0 bridgehead atoms. The van der Waals surface area contributed by atoms with Gasteiger partial charge in [0, 0.05) is 7.11 Å². The number of hydrogen-bond acceptors (Lipinski definition) is 3. The summed E-state index contributed by atoms with van der Waals surface area (Å²) in [5.74, 6) is 6.62. The second-order valence-corrected chi connectivity index (χ2v) is 6.43. The second kappa shape index (κ2) is 6.25. The van der Waals surface area contributed by atoms with Gasteiger partial charge in [0.1, 0.15) is 0 Å². The highest BCUT2D eigenvalue weighted by Crippen LogP contribution is 2.43. The third-order valence-corrected chi connectivity index (χ3v) is 4.84. The van der Waals surface area contributed by atoms with Crippen molar-refractivity contribution in [2.24, 2.45) is 11.8 Å². The monoisotopic (exact) mass is 276 g/mol. The maximum absolute atomic E-state index is 6.01. The number of aryl methyl sites for hydroxylation is 2. The van der Waals surface area contributed by atoms with Gasteiger partial charge in [0.05, 0.1) is 11.6 Å². The van der Waals surface area contributed by atoms with Crippen LogP contribution >= 0.6 is 0 Å². The van der Waals surface area contributed by atoms with Crippen LogP contribution < -0.4 is 11.3 Å². The van der Waals surface area contributed by atoms with E-state index in [0.29, 0.717) is 5.92 Å². The smallest absolute Gasteiger partial charge is 0.0888 e. The average Bonchev–Trinajstić information content (AvgIpc) is 2.43. The zero-order valence-electron chi connectivity index (χ0n) is 13.2. The molecule has 1 aliphatic carbocycles. The van der Waals surface area contributed by atoms with Crippen LogP contribution in [0.1, 0.15) is 55.3 Å². The molecule has 0 radical (unpaired) electrons. The molecule has 0 heterocycles. The molecule has 0 spiro atoms. The van der Waals surface area contributed by atoms with Crippen molar-refractivity contribution in [1.82, 2.24) is 5.43 Å². The summed E-state index contributed by atoms with van der Waals surface area (Å²) in [6.45, 7) is 6.58. The molecule has 3 heteroatoms. The summed E-state index contributed by atoms with van der Waals surface area (Å²) in [5.41, 5.74) is 6.66. The summed E-state index contributed by atoms with van der Waals surface area (Å²) >= 11 is 0. The number of nitrogens with two attached hydrogens (primary N) is 1. The Balaban J connectivity index is 2.41. The third-order valence-electron chi connectivity index (χ3n) is 4.84. The fourth-order valence-corrected chi connectivity index (χ4v) is 3.71. The van der Waals surface area contributed by atoms with Crippen molar-refractivity contribution >= 4 is 0 Å². The highest BCUT2D eigenvalue weighted by atomic mass is 16.5. The Labute approximate surface area is 122 Å². The van der Waals surface area contributed by atoms with Crippen LogP contribution in [0.3, 0.4) is 0 Å². The normalized spacial score (nSPS) is 28.4. The van der Waals surface area contributed by atoms with E-state index in [9.17, 15) is 0 Å². The number of ether oxygens (including phenoxy) is 1. The van der Waals surface area contributed by atoms with E-state index >= 15 is 0 Å². The lowest BCUT2D eigenvalue weighted by molar-refractivity contribution is -0.0807. The predicted molar refractivity (Wildman–Crippen MR) is 83.4 cm³/mol. The molecule has 2 rings (SSSR count). The van der Waals surface area contributed by atoms with E-state index in [2.05, 4.69) is 44.4 Å². The fraction of sp³-hybridized carbons (Fsp3) is 0.647. The van der Waals surface area contributed by atoms with E-state index in [4.69, 9.17) is 10.6 Å². The second-order valence-electron chi connectivity index (χ2n) is 6.43. The number of nitrogens with one attached hydrogen (secondary N) is 1. The van der Waals surface area contributed by atoms with Gasteiger partial charge in [-0.25, -0.2) is 0 Å². The number of benzene rings is 1. The summed E-state index contributed by atoms with van der Waals surface area (Å²) in [7, 11) is 1.83. The highest BCUT2D eigenvalue weighted by Gasteiger charge is 2.43. The van der Waals surface area contributed by atoms with Gasteiger partial charge in [-0.05, 0) is 43.7 Å². The van der Waals surface area contributed by atoms with Crippen LogP contribution in [-0.2, 0) is 4.74 Å². The molecule has 3 nitrogen and oxygen atoms in total. The van der Waals surface area contributed by atoms with Crippen LogP contribution in [0.25, 0.3) is 0 Å². The van der Waals surface area contributed by atoms with E-state index in [1.54, 1.807) is 0 Å². The van der Waals surface area contributed by atoms with Gasteiger partial charge < -0.3 is 4.74 Å². The van der Waals surface area contributed by atoms with Gasteiger partial charge >= 0.3 is 0 Å². The van der Waals surface area contributed by atoms with Crippen LogP contribution in [0.2, 0.25) is 0 Å². The molecule has 20 heavy (non-hydrogen) atoms. The van der Waals surface area contributed by atoms with E-state index in [1.165, 1.54) is 29.5 Å². The quantitative estimate of drug-likeness (QED) is 0.654. The summed E-state index contributed by atoms with van der Waals surface area (Å²) in [6.07, 6.45) is 4.62. The van der Waals surface area contributed by atoms with Crippen molar-refractivity contribution in [3.63, 3.8) is 0 Å². The molecule has 3 unspecified atom stereocenters. The zero-order chi connectivity index (χ0) is 14.8. The first-order valence-electron chi connectivity index (χ1n) is 7.61. The van der Waals surface area contributed by atoms with Crippen molar-refractivity contribution < 1.29 is 4.74 Å². The molecule has 1 saturated carbocycles. The Morgan fingerprint density at radius 1 is 1.40 bits per heavy atom. The molecule has 112 valence electrons. The average molecular weight is 276 g/mol. The van der Waals surface area contributed by atoms with Crippen LogP contribution in [0.4, 0.5) is 0 Å². The number of methoxy groups -OCH3 is 1. The van der Waals surface area contributed by atoms with E-state index in [1.807, 2.05) is 7.11 Å². The van der Waals surface area contributed by atoms with Crippen molar-refractivity contribution in [1.29, 1.82) is 0 Å². The topological polar surface area (TPSA) is 47.3 Å². The summed E-state index contributed by atoms with van der Waals surface area (Å²) in [4.78, 5) is 0. The minimum absolute atomic E-state index is 0.0511. The van der Waals surface area contributed by atoms with E-state index in [0.717, 1.165) is 12.8 Å². The first kappa shape index (κ1) is 15.5. The molecule has 0 saturated heterocycles. The van der Waals surface area contributed by atoms with Gasteiger partial charge in [-0.2, -0.15) is 0 Å². The lowest BCUT2D eigenvalue weighted by Crippen LogP contribution is -2.50. The summed E-state index contributed by atoms with van der Waals surface area (Å²) in [5, 5.41) is 0. The molecule has 1 aromatic carbocycles. The molecule has 0 aliphatic heterocycles. The third kappa shape index (κ3) is 2.90. The molecule has 1 aliphatic rings. The van der Waals surface area contributed by atoms with Gasteiger partial charge in [-0.15, -0.1) is 0 Å². The first-order chi connectivity index (χ1) is 9.52. The Morgan fingerprint density at radius 3 is 2.75 bits per heavy atom. The standard InChI is InChI=1S/C17H28N2O/c1-12-7-8-14(3)15(10-12)16(19-18)17(20-4)9-5-6-13(2)11-17/h7-8,10,13,16,19H,5-6,9,11,18H2,1-4H3. The molecular formula is C17H28N2O. The molecule has 0 aromatic heterocycles. The largest absolute Gasteiger partial charge is 0.376 e. The Hall–Kier alpha value is -0.900. The van der Waals surface area contributed by atoms with Gasteiger partial charge in [0.25, 0.3) is 0 Å². The van der Waals surface area contributed by atoms with Crippen LogP contribution in [-0.4, -0.2) is 12.7 Å². The highest BCUT2D eigenvalue weighted by molar-refractivity contribution is 5.35. The van der Waals surface area contributed by atoms with Gasteiger partial charge in [0.15, 0.2) is 0 Å². The minimum atomic E-state index is -0.190. The van der Waals surface area contributed by atoms with Gasteiger partial charge in [-0.1, -0.05) is 43.5 Å². The van der Waals surface area contributed by atoms with Gasteiger partial charge in [-0.3, -0.25) is 11.3 Å². The molecular weight excluding hydrogens is 248 g/mol. The number of rotatable bonds is 4. The first-order valence-corrected chi connectivity index (χ1v) is 7.61. The number of hydrazine groups is 1. The van der Waals surface area contributed by atoms with Crippen molar-refractivity contribution in [2.45, 2.75) is 58.1 Å². The van der Waals surface area contributed by atoms with Crippen LogP contribution in [0.5, 0.6) is 0 Å². The summed E-state index contributed by atoms with van der Waals surface area (Å²) in [6, 6.07) is 6.61. The lowest BCUT2D eigenvalue weighted by Gasteiger charge is -2.45. The summed E-state index contributed by atoms with van der Waals surface area (Å²) < 4.78 is 6.01. The molecule has 1 aromatic rings. The van der Waals surface area contributed by atoms with Crippen LogP contribution in [0.15, 0.2) is 18.2 Å². The maximum atomic E-state index is 6.01. The van der Waals surface area contributed by atoms with Crippen molar-refractivity contribution in [3.8, 4) is 0 Å². The SMILES string of the molecule is COC1(C(NN)c2cc(C)ccc2C)CCCC(C)C1. The van der Waals surface area contributed by atoms with Crippen molar-refractivity contribution in [3.05, 3.63) is 34.9 Å². The Morgan fingerprint density at radius 2 is 2.15 bits per heavy atom. The zero-order valence-corrected chi connectivity index (χ0v) is 13.2. The molecule has 0 amide bonds. The van der Waals surface area contributed by atoms with Gasteiger partial charge in [0.2, 0.25) is 0 Å². The fourth-order valence-electron chi connectivity index (χ4n) is 3.71. The lowest BCUT2D eigenvalue weighted by atomic mass is 9.72. The number of hydrogen-bond donors (Lipinski definition) is 2. The molecule has 3 N–H and O–H groups in total. The molecule has 1 fully saturated rings. The van der Waals surface area contributed by atoms with E-state index < -0.39 is 0 Å².